The first-order chi connectivity index (χ1) is 7.43. The third kappa shape index (κ3) is 5.53. The fourth-order valence-electron chi connectivity index (χ4n) is 1.72. The van der Waals surface area contributed by atoms with Gasteiger partial charge in [-0.3, -0.25) is 4.79 Å². The van der Waals surface area contributed by atoms with E-state index in [0.29, 0.717) is 5.91 Å². The predicted octanol–water partition coefficient (Wildman–Crippen LogP) is 4.10. The Morgan fingerprint density at radius 1 is 1.12 bits per heavy atom. The van der Waals surface area contributed by atoms with Gasteiger partial charge in [-0.25, -0.2) is 0 Å². The maximum absolute atomic E-state index is 11.7. The van der Waals surface area contributed by atoms with E-state index in [4.69, 9.17) is 0 Å². The molecule has 0 aromatic rings. The van der Waals surface area contributed by atoms with E-state index in [2.05, 4.69) is 20.8 Å². The zero-order valence-electron chi connectivity index (χ0n) is 12.6. The fourth-order valence-corrected chi connectivity index (χ4v) is 1.72. The summed E-state index contributed by atoms with van der Waals surface area (Å²) in [6.45, 7) is 17.3. The lowest BCUT2D eigenvalue weighted by molar-refractivity contribution is -0.143. The average molecular weight is 229 g/mol. The molecule has 1 aliphatic rings. The van der Waals surface area contributed by atoms with Crippen LogP contribution in [0.4, 0.5) is 0 Å². The van der Waals surface area contributed by atoms with Crippen LogP contribution >= 0.6 is 0 Å². The monoisotopic (exact) mass is 229 g/mol. The molecule has 2 heteroatoms. The second-order valence-corrected chi connectivity index (χ2v) is 4.70. The number of hydrogen-bond acceptors (Lipinski definition) is 1. The van der Waals surface area contributed by atoms with Crippen molar-refractivity contribution in [2.24, 2.45) is 5.92 Å². The van der Waals surface area contributed by atoms with Crippen LogP contribution in [0, 0.1) is 5.92 Å². The number of carbonyl (C=O) groups is 1. The van der Waals surface area contributed by atoms with E-state index in [-0.39, 0.29) is 11.5 Å². The molecule has 1 atom stereocenters. The van der Waals surface area contributed by atoms with Gasteiger partial charge in [0.2, 0.25) is 5.91 Å². The van der Waals surface area contributed by atoms with Crippen molar-refractivity contribution in [2.75, 3.05) is 6.54 Å². The molecule has 0 aliphatic carbocycles. The van der Waals surface area contributed by atoms with Gasteiger partial charge in [-0.05, 0) is 33.6 Å². The van der Waals surface area contributed by atoms with E-state index >= 15 is 0 Å². The SMILES string of the molecule is CC.CC.CC1CCCN(C(C)(C)C)C1=O. The summed E-state index contributed by atoms with van der Waals surface area (Å²) in [5.41, 5.74) is 0.00572. The van der Waals surface area contributed by atoms with Crippen LogP contribution in [0.5, 0.6) is 0 Å². The first-order valence-electron chi connectivity index (χ1n) is 6.74. The first-order valence-corrected chi connectivity index (χ1v) is 6.74. The second-order valence-electron chi connectivity index (χ2n) is 4.70. The minimum atomic E-state index is 0.00572. The number of rotatable bonds is 0. The average Bonchev–Trinajstić information content (AvgIpc) is 2.26. The molecule has 0 saturated carbocycles. The minimum absolute atomic E-state index is 0.00572. The highest BCUT2D eigenvalue weighted by Crippen LogP contribution is 2.24. The Kier molecular flexibility index (Phi) is 9.60. The Balaban J connectivity index is 0. The summed E-state index contributed by atoms with van der Waals surface area (Å²) in [5, 5.41) is 0. The lowest BCUT2D eigenvalue weighted by Crippen LogP contribution is -2.50. The van der Waals surface area contributed by atoms with Crippen LogP contribution in [0.25, 0.3) is 0 Å². The molecule has 16 heavy (non-hydrogen) atoms. The summed E-state index contributed by atoms with van der Waals surface area (Å²) in [4.78, 5) is 13.7. The van der Waals surface area contributed by atoms with Crippen LogP contribution in [-0.4, -0.2) is 22.9 Å². The molecule has 0 N–H and O–H groups in total. The first kappa shape index (κ1) is 17.9. The van der Waals surface area contributed by atoms with Gasteiger partial charge >= 0.3 is 0 Å². The van der Waals surface area contributed by atoms with Crippen LogP contribution in [0.15, 0.2) is 0 Å². The Morgan fingerprint density at radius 2 is 1.56 bits per heavy atom. The fraction of sp³-hybridized carbons (Fsp3) is 0.929. The molecule has 1 unspecified atom stereocenters. The van der Waals surface area contributed by atoms with Crippen molar-refractivity contribution in [3.63, 3.8) is 0 Å². The van der Waals surface area contributed by atoms with Gasteiger partial charge in [-0.1, -0.05) is 34.6 Å². The zero-order chi connectivity index (χ0) is 13.4. The topological polar surface area (TPSA) is 20.3 Å². The van der Waals surface area contributed by atoms with Gasteiger partial charge in [-0.2, -0.15) is 0 Å². The van der Waals surface area contributed by atoms with Crippen molar-refractivity contribution < 1.29 is 4.79 Å². The summed E-state index contributed by atoms with van der Waals surface area (Å²) < 4.78 is 0. The zero-order valence-corrected chi connectivity index (χ0v) is 12.6. The largest absolute Gasteiger partial charge is 0.338 e. The number of likely N-dealkylation sites (tertiary alicyclic amines) is 1. The number of amides is 1. The third-order valence-corrected chi connectivity index (χ3v) is 2.52. The maximum atomic E-state index is 11.7. The van der Waals surface area contributed by atoms with Crippen molar-refractivity contribution in [2.45, 2.75) is 73.8 Å². The molecular formula is C14H31NO. The Hall–Kier alpha value is -0.530. The van der Waals surface area contributed by atoms with Gasteiger partial charge in [0, 0.05) is 18.0 Å². The second kappa shape index (κ2) is 8.60. The Labute approximate surface area is 102 Å². The number of hydrogen-bond donors (Lipinski definition) is 0. The van der Waals surface area contributed by atoms with Crippen LogP contribution in [0.1, 0.15) is 68.2 Å². The molecule has 1 fully saturated rings. The summed E-state index contributed by atoms with van der Waals surface area (Å²) in [6, 6.07) is 0. The third-order valence-electron chi connectivity index (χ3n) is 2.52. The maximum Gasteiger partial charge on any atom is 0.225 e. The van der Waals surface area contributed by atoms with Crippen LogP contribution in [0.2, 0.25) is 0 Å². The minimum Gasteiger partial charge on any atom is -0.338 e. The summed E-state index contributed by atoms with van der Waals surface area (Å²) in [5.74, 6) is 0.562. The molecule has 0 aromatic heterocycles. The van der Waals surface area contributed by atoms with E-state index < -0.39 is 0 Å². The van der Waals surface area contributed by atoms with Crippen molar-refractivity contribution in [3.8, 4) is 0 Å². The van der Waals surface area contributed by atoms with E-state index in [1.54, 1.807) is 0 Å². The standard InChI is InChI=1S/C10H19NO.2C2H6/c1-8-6-5-7-11(9(8)12)10(2,3)4;2*1-2/h8H,5-7H2,1-4H3;2*1-2H3. The summed E-state index contributed by atoms with van der Waals surface area (Å²) in [7, 11) is 0. The number of nitrogens with zero attached hydrogens (tertiary/aromatic N) is 1. The van der Waals surface area contributed by atoms with Gasteiger partial charge in [0.05, 0.1) is 0 Å². The number of carbonyl (C=O) groups excluding carboxylic acids is 1. The Morgan fingerprint density at radius 3 is 1.88 bits per heavy atom. The highest BCUT2D eigenvalue weighted by Gasteiger charge is 2.32. The molecule has 1 aliphatic heterocycles. The highest BCUT2D eigenvalue weighted by atomic mass is 16.2. The van der Waals surface area contributed by atoms with Crippen molar-refractivity contribution in [3.05, 3.63) is 0 Å². The molecule has 2 nitrogen and oxygen atoms in total. The highest BCUT2D eigenvalue weighted by molar-refractivity contribution is 5.79. The van der Waals surface area contributed by atoms with Gasteiger partial charge in [0.25, 0.3) is 0 Å². The molecule has 98 valence electrons. The lowest BCUT2D eigenvalue weighted by atomic mass is 9.94. The molecule has 0 spiro atoms. The molecule has 1 rings (SSSR count). The molecule has 1 saturated heterocycles. The normalized spacial score (nSPS) is 20.4. The molecule has 0 bridgehead atoms. The summed E-state index contributed by atoms with van der Waals surface area (Å²) in [6.07, 6.45) is 2.22. The van der Waals surface area contributed by atoms with Crippen molar-refractivity contribution in [1.82, 2.24) is 4.90 Å². The van der Waals surface area contributed by atoms with E-state index in [1.165, 1.54) is 0 Å². The quantitative estimate of drug-likeness (QED) is 0.612. The van der Waals surface area contributed by atoms with Crippen LogP contribution in [0.3, 0.4) is 0 Å². The number of piperidine rings is 1. The Bertz CT molecular complexity index is 182. The van der Waals surface area contributed by atoms with Crippen LogP contribution in [-0.2, 0) is 4.79 Å². The van der Waals surface area contributed by atoms with Gasteiger partial charge in [0.1, 0.15) is 0 Å². The molecule has 0 aromatic carbocycles. The van der Waals surface area contributed by atoms with Gasteiger partial charge in [-0.15, -0.1) is 0 Å². The van der Waals surface area contributed by atoms with Crippen molar-refractivity contribution in [1.29, 1.82) is 0 Å². The van der Waals surface area contributed by atoms with Gasteiger partial charge < -0.3 is 4.90 Å². The van der Waals surface area contributed by atoms with E-state index in [9.17, 15) is 4.79 Å². The van der Waals surface area contributed by atoms with E-state index in [0.717, 1.165) is 19.4 Å². The molecular weight excluding hydrogens is 198 g/mol. The molecule has 1 amide bonds. The molecule has 0 radical (unpaired) electrons. The van der Waals surface area contributed by atoms with Crippen molar-refractivity contribution >= 4 is 5.91 Å². The smallest absolute Gasteiger partial charge is 0.225 e. The van der Waals surface area contributed by atoms with E-state index in [1.807, 2.05) is 39.5 Å². The summed E-state index contributed by atoms with van der Waals surface area (Å²) >= 11 is 0. The van der Waals surface area contributed by atoms with Gasteiger partial charge in [0.15, 0.2) is 0 Å². The predicted molar refractivity (Wildman–Crippen MR) is 72.6 cm³/mol. The molecule has 1 heterocycles. The lowest BCUT2D eigenvalue weighted by Gasteiger charge is -2.40. The van der Waals surface area contributed by atoms with Crippen LogP contribution < -0.4 is 0 Å².